The molecule has 2 amide bonds. The molecule has 0 atom stereocenters. The molecule has 0 aliphatic carbocycles. The van der Waals surface area contributed by atoms with Gasteiger partial charge in [0, 0.05) is 11.9 Å². The molecule has 1 aromatic carbocycles. The quantitative estimate of drug-likeness (QED) is 0.622. The van der Waals surface area contributed by atoms with E-state index in [9.17, 15) is 9.59 Å². The van der Waals surface area contributed by atoms with Crippen LogP contribution in [0.15, 0.2) is 17.2 Å². The van der Waals surface area contributed by atoms with Crippen LogP contribution in [0.1, 0.15) is 6.92 Å². The van der Waals surface area contributed by atoms with Crippen molar-refractivity contribution in [1.29, 1.82) is 0 Å². The summed E-state index contributed by atoms with van der Waals surface area (Å²) >= 11 is 24.3. The van der Waals surface area contributed by atoms with Gasteiger partial charge in [0.25, 0.3) is 5.91 Å². The summed E-state index contributed by atoms with van der Waals surface area (Å²) in [5.74, 6) is -0.820. The molecule has 0 saturated heterocycles. The maximum absolute atomic E-state index is 12.4. The molecule has 0 unspecified atom stereocenters. The Kier molecular flexibility index (Phi) is 4.90. The molecule has 1 aliphatic rings. The van der Waals surface area contributed by atoms with E-state index < -0.39 is 9.14 Å². The zero-order chi connectivity index (χ0) is 15.9. The summed E-state index contributed by atoms with van der Waals surface area (Å²) in [4.78, 5) is 23.6. The van der Waals surface area contributed by atoms with E-state index in [1.807, 2.05) is 0 Å². The van der Waals surface area contributed by atoms with Crippen molar-refractivity contribution in [3.05, 3.63) is 27.2 Å². The minimum atomic E-state index is -1.36. The Bertz CT molecular complexity index is 656. The van der Waals surface area contributed by atoms with Gasteiger partial charge in [0.2, 0.25) is 9.14 Å². The number of carbonyl (C=O) groups is 2. The highest BCUT2D eigenvalue weighted by Crippen LogP contribution is 2.43. The number of amidine groups is 1. The maximum Gasteiger partial charge on any atom is 0.283 e. The van der Waals surface area contributed by atoms with E-state index in [2.05, 4.69) is 42.3 Å². The first-order valence-corrected chi connectivity index (χ1v) is 8.10. The summed E-state index contributed by atoms with van der Waals surface area (Å²) in [5.41, 5.74) is 0.177. The van der Waals surface area contributed by atoms with Gasteiger partial charge in [-0.25, -0.2) is 0 Å². The van der Waals surface area contributed by atoms with Crippen LogP contribution in [-0.2, 0) is 9.59 Å². The number of amides is 2. The Balaban J connectivity index is 2.53. The van der Waals surface area contributed by atoms with Crippen molar-refractivity contribution in [1.82, 2.24) is 5.32 Å². The van der Waals surface area contributed by atoms with Crippen LogP contribution in [0.25, 0.3) is 0 Å². The van der Waals surface area contributed by atoms with Gasteiger partial charge in [-0.1, -0.05) is 66.7 Å². The standard InChI is InChI=1S/C11H6Br2Cl3N3O2/c1-4(20)17-9-11(12,13)10(21)19(18-9)8-6(15)2-5(14)3-7(8)16/h2-3H,1H3,(H,17,18,20). The van der Waals surface area contributed by atoms with Gasteiger partial charge in [-0.05, 0) is 12.1 Å². The van der Waals surface area contributed by atoms with Gasteiger partial charge in [-0.15, -0.1) is 5.10 Å². The Labute approximate surface area is 151 Å². The normalized spacial score (nSPS) is 17.0. The molecule has 0 spiro atoms. The summed E-state index contributed by atoms with van der Waals surface area (Å²) in [5, 5.41) is 8.14. The summed E-state index contributed by atoms with van der Waals surface area (Å²) < 4.78 is -1.36. The lowest BCUT2D eigenvalue weighted by molar-refractivity contribution is -0.117. The number of nitrogens with one attached hydrogen (secondary N) is 1. The number of carbonyl (C=O) groups excluding carboxylic acids is 2. The fraction of sp³-hybridized carbons (Fsp3) is 0.182. The molecule has 2 rings (SSSR count). The average molecular weight is 478 g/mol. The number of hydrazone groups is 1. The third-order valence-electron chi connectivity index (χ3n) is 2.45. The van der Waals surface area contributed by atoms with Crippen LogP contribution < -0.4 is 10.3 Å². The Morgan fingerprint density at radius 1 is 1.29 bits per heavy atom. The molecule has 0 bridgehead atoms. The maximum atomic E-state index is 12.4. The highest BCUT2D eigenvalue weighted by Gasteiger charge is 2.49. The predicted octanol–water partition coefficient (Wildman–Crippen LogP) is 3.93. The van der Waals surface area contributed by atoms with Crippen molar-refractivity contribution in [2.75, 3.05) is 5.01 Å². The third kappa shape index (κ3) is 3.22. The molecule has 0 saturated carbocycles. The third-order valence-corrected chi connectivity index (χ3v) is 4.67. The SMILES string of the molecule is CC(=O)NC1=NN(c2c(Cl)cc(Cl)cc2Cl)C(=O)C1(Br)Br. The molecular formula is C11H6Br2Cl3N3O2. The zero-order valence-corrected chi connectivity index (χ0v) is 15.7. The van der Waals surface area contributed by atoms with Gasteiger partial charge < -0.3 is 5.32 Å². The van der Waals surface area contributed by atoms with Crippen molar-refractivity contribution in [3.63, 3.8) is 0 Å². The van der Waals surface area contributed by atoms with Crippen LogP contribution in [0, 0.1) is 0 Å². The lowest BCUT2D eigenvalue weighted by Crippen LogP contribution is -2.43. The van der Waals surface area contributed by atoms with Gasteiger partial charge >= 0.3 is 0 Å². The number of alkyl halides is 2. The minimum Gasteiger partial charge on any atom is -0.311 e. The number of hydrogen-bond donors (Lipinski definition) is 1. The number of halogens is 5. The first-order valence-electron chi connectivity index (χ1n) is 5.38. The highest BCUT2D eigenvalue weighted by atomic mass is 79.9. The average Bonchev–Trinajstić information content (AvgIpc) is 2.52. The molecule has 0 aromatic heterocycles. The molecule has 1 heterocycles. The van der Waals surface area contributed by atoms with Crippen LogP contribution >= 0.6 is 66.7 Å². The summed E-state index contributed by atoms with van der Waals surface area (Å²) in [6.07, 6.45) is 0. The first kappa shape index (κ1) is 17.0. The number of nitrogens with zero attached hydrogens (tertiary/aromatic N) is 2. The Morgan fingerprint density at radius 2 is 1.81 bits per heavy atom. The number of anilines is 1. The van der Waals surface area contributed by atoms with Crippen LogP contribution in [0.4, 0.5) is 5.69 Å². The molecule has 0 fully saturated rings. The second-order valence-electron chi connectivity index (χ2n) is 4.04. The van der Waals surface area contributed by atoms with Crippen molar-refractivity contribution in [2.24, 2.45) is 5.10 Å². The number of rotatable bonds is 1. The van der Waals surface area contributed by atoms with Gasteiger partial charge in [-0.3, -0.25) is 9.59 Å². The van der Waals surface area contributed by atoms with Crippen LogP contribution in [0.5, 0.6) is 0 Å². The van der Waals surface area contributed by atoms with E-state index in [1.54, 1.807) is 0 Å². The summed E-state index contributed by atoms with van der Waals surface area (Å²) in [7, 11) is 0. The van der Waals surface area contributed by atoms with E-state index in [-0.39, 0.29) is 27.5 Å². The number of hydrogen-bond acceptors (Lipinski definition) is 3. The van der Waals surface area contributed by atoms with E-state index in [0.717, 1.165) is 5.01 Å². The van der Waals surface area contributed by atoms with Gasteiger partial charge in [0.05, 0.1) is 10.0 Å². The van der Waals surface area contributed by atoms with Gasteiger partial charge in [0.1, 0.15) is 5.69 Å². The molecule has 112 valence electrons. The predicted molar refractivity (Wildman–Crippen MR) is 90.8 cm³/mol. The monoisotopic (exact) mass is 475 g/mol. The number of benzene rings is 1. The fourth-order valence-electron chi connectivity index (χ4n) is 1.60. The molecule has 21 heavy (non-hydrogen) atoms. The highest BCUT2D eigenvalue weighted by molar-refractivity contribution is 9.26. The van der Waals surface area contributed by atoms with E-state index in [0.29, 0.717) is 5.02 Å². The molecule has 1 N–H and O–H groups in total. The summed E-state index contributed by atoms with van der Waals surface area (Å²) in [6.45, 7) is 1.30. The van der Waals surface area contributed by atoms with Crippen molar-refractivity contribution in [2.45, 2.75) is 10.2 Å². The zero-order valence-electron chi connectivity index (χ0n) is 10.3. The molecule has 0 radical (unpaired) electrons. The Hall–Kier alpha value is -0.340. The molecule has 1 aliphatic heterocycles. The van der Waals surface area contributed by atoms with Gasteiger partial charge in [0.15, 0.2) is 5.84 Å². The second kappa shape index (κ2) is 6.04. The summed E-state index contributed by atoms with van der Waals surface area (Å²) in [6, 6.07) is 2.88. The topological polar surface area (TPSA) is 61.8 Å². The molecule has 5 nitrogen and oxygen atoms in total. The fourth-order valence-corrected chi connectivity index (χ4v) is 3.27. The Morgan fingerprint density at radius 3 is 2.29 bits per heavy atom. The molecular weight excluding hydrogens is 472 g/mol. The van der Waals surface area contributed by atoms with Crippen LogP contribution in [0.2, 0.25) is 15.1 Å². The smallest absolute Gasteiger partial charge is 0.283 e. The van der Waals surface area contributed by atoms with Crippen molar-refractivity contribution in [3.8, 4) is 0 Å². The van der Waals surface area contributed by atoms with Crippen LogP contribution in [-0.4, -0.2) is 20.9 Å². The minimum absolute atomic E-state index is 0.0714. The largest absolute Gasteiger partial charge is 0.311 e. The lowest BCUT2D eigenvalue weighted by atomic mass is 10.3. The van der Waals surface area contributed by atoms with Gasteiger partial charge in [-0.2, -0.15) is 5.01 Å². The van der Waals surface area contributed by atoms with E-state index in [1.165, 1.54) is 19.1 Å². The molecule has 10 heteroatoms. The first-order chi connectivity index (χ1) is 9.64. The second-order valence-corrected chi connectivity index (χ2v) is 8.73. The molecule has 1 aromatic rings. The van der Waals surface area contributed by atoms with Crippen molar-refractivity contribution < 1.29 is 9.59 Å². The van der Waals surface area contributed by atoms with Crippen LogP contribution in [0.3, 0.4) is 0 Å². The van der Waals surface area contributed by atoms with E-state index >= 15 is 0 Å². The lowest BCUT2D eigenvalue weighted by Gasteiger charge is -2.18. The van der Waals surface area contributed by atoms with Crippen molar-refractivity contribution >= 4 is 90.0 Å². The van der Waals surface area contributed by atoms with E-state index in [4.69, 9.17) is 34.8 Å².